The third kappa shape index (κ3) is 5.28. The third-order valence-corrected chi connectivity index (χ3v) is 5.99. The molecule has 0 bridgehead atoms. The van der Waals surface area contributed by atoms with Gasteiger partial charge in [0.05, 0.1) is 4.92 Å². The average Bonchev–Trinajstić information content (AvgIpc) is 3.04. The fourth-order valence-corrected chi connectivity index (χ4v) is 4.27. The zero-order valence-electron chi connectivity index (χ0n) is 17.2. The number of halogens is 2. The second-order valence-electron chi connectivity index (χ2n) is 7.12. The zero-order chi connectivity index (χ0) is 23.4. The highest BCUT2D eigenvalue weighted by atomic mass is 32.2. The molecule has 1 heterocycles. The molecule has 2 atom stereocenters. The second kappa shape index (κ2) is 9.86. The summed E-state index contributed by atoms with van der Waals surface area (Å²) in [6.45, 7) is 3.68. The van der Waals surface area contributed by atoms with E-state index in [-0.39, 0.29) is 40.6 Å². The molecule has 8 nitrogen and oxygen atoms in total. The van der Waals surface area contributed by atoms with Crippen LogP contribution in [0.25, 0.3) is 0 Å². The first kappa shape index (κ1) is 23.3. The number of carbonyl (C=O) groups excluding carboxylic acids is 2. The number of amidine groups is 1. The average molecular weight is 462 g/mol. The quantitative estimate of drug-likeness (QED) is 0.477. The molecule has 11 heteroatoms. The fourth-order valence-electron chi connectivity index (χ4n) is 3.03. The topological polar surface area (TPSA) is 105 Å². The van der Waals surface area contributed by atoms with E-state index >= 15 is 0 Å². The van der Waals surface area contributed by atoms with Gasteiger partial charge in [-0.05, 0) is 31.5 Å². The van der Waals surface area contributed by atoms with Crippen LogP contribution in [0.15, 0.2) is 47.5 Å². The Morgan fingerprint density at radius 1 is 1.31 bits per heavy atom. The van der Waals surface area contributed by atoms with Crippen molar-refractivity contribution in [2.75, 3.05) is 5.32 Å². The molecule has 0 spiro atoms. The predicted octanol–water partition coefficient (Wildman–Crippen LogP) is 4.63. The van der Waals surface area contributed by atoms with Crippen LogP contribution in [-0.2, 0) is 9.59 Å². The zero-order valence-corrected chi connectivity index (χ0v) is 18.1. The maximum atomic E-state index is 14.1. The van der Waals surface area contributed by atoms with Crippen molar-refractivity contribution in [1.29, 1.82) is 0 Å². The number of nitrogens with one attached hydrogen (secondary N) is 1. The Morgan fingerprint density at radius 2 is 2.06 bits per heavy atom. The van der Waals surface area contributed by atoms with Gasteiger partial charge in [0.25, 0.3) is 5.69 Å². The minimum atomic E-state index is -0.860. The molecule has 1 aliphatic rings. The maximum absolute atomic E-state index is 14.1. The molecule has 0 radical (unpaired) electrons. The lowest BCUT2D eigenvalue weighted by molar-refractivity contribution is -0.384. The van der Waals surface area contributed by atoms with Gasteiger partial charge in [-0.25, -0.2) is 13.8 Å². The molecular formula is C21H20F2N4O4S. The summed E-state index contributed by atoms with van der Waals surface area (Å²) in [7, 11) is 0. The Morgan fingerprint density at radius 3 is 2.72 bits per heavy atom. The number of amides is 2. The van der Waals surface area contributed by atoms with Crippen LogP contribution >= 0.6 is 11.8 Å². The monoisotopic (exact) mass is 462 g/mol. The fraction of sp³-hybridized carbons (Fsp3) is 0.286. The Bertz CT molecular complexity index is 1100. The van der Waals surface area contributed by atoms with Crippen LogP contribution in [0.3, 0.4) is 0 Å². The van der Waals surface area contributed by atoms with Gasteiger partial charge in [0.1, 0.15) is 16.8 Å². The molecule has 3 rings (SSSR count). The Kier molecular flexibility index (Phi) is 7.18. The molecule has 2 amide bonds. The van der Waals surface area contributed by atoms with Gasteiger partial charge in [0, 0.05) is 36.3 Å². The number of benzene rings is 2. The molecule has 0 saturated carbocycles. The number of rotatable bonds is 7. The van der Waals surface area contributed by atoms with Crippen molar-refractivity contribution in [2.24, 2.45) is 4.99 Å². The summed E-state index contributed by atoms with van der Waals surface area (Å²) in [5, 5.41) is 12.9. The van der Waals surface area contributed by atoms with Crippen LogP contribution < -0.4 is 5.32 Å². The van der Waals surface area contributed by atoms with E-state index in [0.717, 1.165) is 17.8 Å². The standard InChI is InChI=1S/C21H20F2N4O4S/c1-3-12(2)26-20(29)18(32-21(26)25-17-8-7-13(22)9-16(17)23)11-19(28)24-14-5-4-6-15(10-14)27(30)31/h4-10,12,18H,3,11H2,1-2H3,(H,24,28). The van der Waals surface area contributed by atoms with Gasteiger partial charge < -0.3 is 5.32 Å². The van der Waals surface area contributed by atoms with Crippen LogP contribution in [0, 0.1) is 21.7 Å². The summed E-state index contributed by atoms with van der Waals surface area (Å²) in [5.41, 5.74) is -0.0507. The third-order valence-electron chi connectivity index (χ3n) is 4.84. The molecule has 32 heavy (non-hydrogen) atoms. The van der Waals surface area contributed by atoms with Crippen molar-refractivity contribution in [2.45, 2.75) is 38.0 Å². The number of non-ortho nitro benzene ring substituents is 1. The number of anilines is 1. The smallest absolute Gasteiger partial charge is 0.271 e. The summed E-state index contributed by atoms with van der Waals surface area (Å²) < 4.78 is 27.3. The number of nitrogens with zero attached hydrogens (tertiary/aromatic N) is 3. The molecule has 168 valence electrons. The summed E-state index contributed by atoms with van der Waals surface area (Å²) in [5.74, 6) is -2.45. The number of hydrogen-bond donors (Lipinski definition) is 1. The largest absolute Gasteiger partial charge is 0.326 e. The Hall–Kier alpha value is -3.34. The lowest BCUT2D eigenvalue weighted by atomic mass is 10.2. The van der Waals surface area contributed by atoms with E-state index in [0.29, 0.717) is 12.5 Å². The van der Waals surface area contributed by atoms with Gasteiger partial charge in [0.2, 0.25) is 11.8 Å². The van der Waals surface area contributed by atoms with Crippen LogP contribution in [0.2, 0.25) is 0 Å². The van der Waals surface area contributed by atoms with Gasteiger partial charge in [-0.3, -0.25) is 24.6 Å². The van der Waals surface area contributed by atoms with E-state index in [2.05, 4.69) is 10.3 Å². The molecule has 1 saturated heterocycles. The number of thioether (sulfide) groups is 1. The molecule has 2 aromatic rings. The van der Waals surface area contributed by atoms with E-state index in [4.69, 9.17) is 0 Å². The van der Waals surface area contributed by atoms with Crippen LogP contribution in [0.4, 0.5) is 25.8 Å². The van der Waals surface area contributed by atoms with E-state index < -0.39 is 27.7 Å². The van der Waals surface area contributed by atoms with Crippen LogP contribution in [0.5, 0.6) is 0 Å². The number of nitro benzene ring substituents is 1. The molecule has 2 unspecified atom stereocenters. The first-order chi connectivity index (χ1) is 15.2. The van der Waals surface area contributed by atoms with Gasteiger partial charge in [-0.1, -0.05) is 24.8 Å². The molecule has 2 aromatic carbocycles. The minimum Gasteiger partial charge on any atom is -0.326 e. The van der Waals surface area contributed by atoms with Gasteiger partial charge in [-0.2, -0.15) is 0 Å². The van der Waals surface area contributed by atoms with E-state index in [1.807, 2.05) is 6.92 Å². The summed E-state index contributed by atoms with van der Waals surface area (Å²) in [6.07, 6.45) is 0.397. The second-order valence-corrected chi connectivity index (χ2v) is 8.29. The van der Waals surface area contributed by atoms with Gasteiger partial charge in [-0.15, -0.1) is 0 Å². The van der Waals surface area contributed by atoms with Crippen molar-refractivity contribution in [1.82, 2.24) is 4.90 Å². The highest BCUT2D eigenvalue weighted by molar-refractivity contribution is 8.15. The van der Waals surface area contributed by atoms with Gasteiger partial charge >= 0.3 is 0 Å². The Balaban J connectivity index is 1.79. The van der Waals surface area contributed by atoms with Crippen LogP contribution in [0.1, 0.15) is 26.7 Å². The van der Waals surface area contributed by atoms with Crippen LogP contribution in [-0.4, -0.2) is 38.1 Å². The number of nitro groups is 1. The van der Waals surface area contributed by atoms with E-state index in [1.54, 1.807) is 6.92 Å². The highest BCUT2D eigenvalue weighted by Gasteiger charge is 2.41. The van der Waals surface area contributed by atoms with Gasteiger partial charge in [0.15, 0.2) is 11.0 Å². The number of hydrogen-bond acceptors (Lipinski definition) is 6. The highest BCUT2D eigenvalue weighted by Crippen LogP contribution is 2.34. The summed E-state index contributed by atoms with van der Waals surface area (Å²) >= 11 is 1.02. The molecule has 1 aliphatic heterocycles. The number of carbonyl (C=O) groups is 2. The molecule has 1 fully saturated rings. The predicted molar refractivity (Wildman–Crippen MR) is 118 cm³/mol. The van der Waals surface area contributed by atoms with Crippen molar-refractivity contribution < 1.29 is 23.3 Å². The van der Waals surface area contributed by atoms with Crippen molar-refractivity contribution >= 4 is 45.8 Å². The minimum absolute atomic E-state index is 0.114. The first-order valence-electron chi connectivity index (χ1n) is 9.77. The molecule has 1 N–H and O–H groups in total. The first-order valence-corrected chi connectivity index (χ1v) is 10.6. The summed E-state index contributed by atoms with van der Waals surface area (Å²) in [6, 6.07) is 8.17. The summed E-state index contributed by atoms with van der Waals surface area (Å²) in [4.78, 5) is 41.4. The maximum Gasteiger partial charge on any atom is 0.271 e. The molecule has 0 aliphatic carbocycles. The lowest BCUT2D eigenvalue weighted by Crippen LogP contribution is -2.39. The number of aliphatic imine (C=N–C) groups is 1. The molecule has 0 aromatic heterocycles. The van der Waals surface area contributed by atoms with E-state index in [1.165, 1.54) is 35.2 Å². The normalized spacial score (nSPS) is 18.1. The van der Waals surface area contributed by atoms with E-state index in [9.17, 15) is 28.5 Å². The van der Waals surface area contributed by atoms with Crippen molar-refractivity contribution in [3.8, 4) is 0 Å². The Labute approximate surface area is 186 Å². The lowest BCUT2D eigenvalue weighted by Gasteiger charge is -2.23. The SMILES string of the molecule is CCC(C)N1C(=O)C(CC(=O)Nc2cccc([N+](=O)[O-])c2)SC1=Nc1ccc(F)cc1F. The van der Waals surface area contributed by atoms with Crippen molar-refractivity contribution in [3.05, 3.63) is 64.2 Å². The molecular weight excluding hydrogens is 442 g/mol. The van der Waals surface area contributed by atoms with Crippen molar-refractivity contribution in [3.63, 3.8) is 0 Å².